The molecular weight excluding hydrogens is 344 g/mol. The van der Waals surface area contributed by atoms with Crippen molar-refractivity contribution in [3.8, 4) is 0 Å². The van der Waals surface area contributed by atoms with E-state index in [1.165, 1.54) is 0 Å². The van der Waals surface area contributed by atoms with E-state index in [0.29, 0.717) is 12.3 Å². The first-order valence-electron chi connectivity index (χ1n) is 10.8. The fraction of sp³-hybridized carbons (Fsp3) is 0.955. The monoisotopic (exact) mass is 376 g/mol. The second-order valence-corrected chi connectivity index (χ2v) is 11.9. The molecule has 27 heavy (non-hydrogen) atoms. The van der Waals surface area contributed by atoms with E-state index in [2.05, 4.69) is 27.7 Å². The summed E-state index contributed by atoms with van der Waals surface area (Å²) < 4.78 is 6.03. The van der Waals surface area contributed by atoms with Gasteiger partial charge in [-0.25, -0.2) is 0 Å². The summed E-state index contributed by atoms with van der Waals surface area (Å²) in [7, 11) is 0. The van der Waals surface area contributed by atoms with E-state index in [4.69, 9.17) is 4.74 Å². The van der Waals surface area contributed by atoms with Crippen molar-refractivity contribution in [2.24, 2.45) is 51.2 Å². The van der Waals surface area contributed by atoms with Crippen LogP contribution in [0.25, 0.3) is 0 Å². The predicted octanol–water partition coefficient (Wildman–Crippen LogP) is 1.73. The van der Waals surface area contributed by atoms with E-state index in [0.717, 1.165) is 19.3 Å². The molecule has 0 aromatic heterocycles. The quantitative estimate of drug-likeness (QED) is 0.599. The van der Waals surface area contributed by atoms with Crippen molar-refractivity contribution in [1.82, 2.24) is 0 Å². The SMILES string of the molecule is CC1(C)CC[C@H](O)[C@]23CO[C@](O)([C@@H](O)[C@H]12)[C@@]12C(=O)C4[C@@H]1[C@@H](CC[C@@H]32)C4(C)C. The third-order valence-electron chi connectivity index (χ3n) is 10.7. The Morgan fingerprint density at radius 2 is 1.78 bits per heavy atom. The zero-order chi connectivity index (χ0) is 19.4. The van der Waals surface area contributed by atoms with E-state index >= 15 is 0 Å². The number of carbonyl (C=O) groups is 1. The minimum atomic E-state index is -1.80. The zero-order valence-corrected chi connectivity index (χ0v) is 16.7. The standard InChI is InChI=1S/C22H32O5/c1-18(2)8-7-12(23)20-9-27-22(26,17(25)15(18)20)21-11(20)6-5-10-13(21)14(16(21)24)19(10,3)4/h10-15,17,23,25-26H,5-9H2,1-4H3/t10-,11+,12+,13+,14?,15-,17+,20-,21-,22-/m1/s1. The van der Waals surface area contributed by atoms with Gasteiger partial charge in [-0.15, -0.1) is 0 Å². The molecule has 0 aromatic rings. The Morgan fingerprint density at radius 3 is 2.48 bits per heavy atom. The van der Waals surface area contributed by atoms with E-state index < -0.39 is 28.8 Å². The van der Waals surface area contributed by atoms with Gasteiger partial charge in [0.05, 0.1) is 18.1 Å². The van der Waals surface area contributed by atoms with Crippen LogP contribution in [-0.4, -0.2) is 45.7 Å². The summed E-state index contributed by atoms with van der Waals surface area (Å²) in [5, 5.41) is 34.5. The smallest absolute Gasteiger partial charge is 0.205 e. The lowest BCUT2D eigenvalue weighted by molar-refractivity contribution is -0.488. The van der Waals surface area contributed by atoms with Crippen LogP contribution in [0.2, 0.25) is 0 Å². The van der Waals surface area contributed by atoms with Crippen LogP contribution < -0.4 is 0 Å². The van der Waals surface area contributed by atoms with Gasteiger partial charge in [0.25, 0.3) is 0 Å². The molecule has 2 heterocycles. The lowest BCUT2D eigenvalue weighted by Crippen LogP contribution is -2.94. The van der Waals surface area contributed by atoms with Gasteiger partial charge in [-0.2, -0.15) is 0 Å². The molecule has 5 nitrogen and oxygen atoms in total. The first kappa shape index (κ1) is 17.4. The van der Waals surface area contributed by atoms with Crippen LogP contribution in [0.15, 0.2) is 0 Å². The third-order valence-corrected chi connectivity index (χ3v) is 10.7. The van der Waals surface area contributed by atoms with Crippen LogP contribution in [0, 0.1) is 51.2 Å². The summed E-state index contributed by atoms with van der Waals surface area (Å²) in [5.41, 5.74) is -1.88. The summed E-state index contributed by atoms with van der Waals surface area (Å²) in [6.45, 7) is 8.86. The fourth-order valence-electron chi connectivity index (χ4n) is 9.80. The van der Waals surface area contributed by atoms with Gasteiger partial charge in [-0.05, 0) is 54.3 Å². The Balaban J connectivity index is 1.59. The highest BCUT2D eigenvalue weighted by atomic mass is 16.6. The molecule has 10 atom stereocenters. The molecule has 0 radical (unpaired) electrons. The maximum absolute atomic E-state index is 13.7. The number of aliphatic hydroxyl groups is 3. The second kappa shape index (κ2) is 4.33. The highest BCUT2D eigenvalue weighted by Gasteiger charge is 2.93. The average molecular weight is 376 g/mol. The normalized spacial score (nSPS) is 64.0. The van der Waals surface area contributed by atoms with Gasteiger partial charge >= 0.3 is 0 Å². The van der Waals surface area contributed by atoms with Crippen LogP contribution in [0.4, 0.5) is 0 Å². The van der Waals surface area contributed by atoms with E-state index in [1.54, 1.807) is 0 Å². The van der Waals surface area contributed by atoms with Crippen molar-refractivity contribution in [3.63, 3.8) is 0 Å². The van der Waals surface area contributed by atoms with E-state index in [9.17, 15) is 20.1 Å². The summed E-state index contributed by atoms with van der Waals surface area (Å²) >= 11 is 0. The largest absolute Gasteiger partial charge is 0.392 e. The minimum absolute atomic E-state index is 0.0303. The highest BCUT2D eigenvalue weighted by molar-refractivity contribution is 5.99. The molecule has 7 fully saturated rings. The summed E-state index contributed by atoms with van der Waals surface area (Å²) in [6.07, 6.45) is 1.64. The van der Waals surface area contributed by atoms with Crippen molar-refractivity contribution in [3.05, 3.63) is 0 Å². The van der Waals surface area contributed by atoms with Crippen molar-refractivity contribution < 1.29 is 24.9 Å². The molecule has 5 aliphatic carbocycles. The van der Waals surface area contributed by atoms with Gasteiger partial charge in [0.15, 0.2) is 0 Å². The number of hydrogen-bond acceptors (Lipinski definition) is 5. The molecule has 7 aliphatic rings. The van der Waals surface area contributed by atoms with Crippen LogP contribution in [0.1, 0.15) is 53.4 Å². The molecule has 5 heteroatoms. The number of rotatable bonds is 0. The topological polar surface area (TPSA) is 87.0 Å². The molecule has 2 spiro atoms. The number of aliphatic hydroxyl groups excluding tert-OH is 2. The Morgan fingerprint density at radius 1 is 1.07 bits per heavy atom. The Hall–Kier alpha value is -0.490. The maximum Gasteiger partial charge on any atom is 0.205 e. The average Bonchev–Trinajstić information content (AvgIpc) is 2.58. The highest BCUT2D eigenvalue weighted by Crippen LogP contribution is 2.85. The number of Topliss-reactive ketones (excluding diaryl/α,β-unsaturated/α-hetero) is 1. The Kier molecular flexibility index (Phi) is 2.78. The summed E-state index contributed by atoms with van der Waals surface area (Å²) in [6, 6.07) is 0. The van der Waals surface area contributed by atoms with E-state index in [1.807, 2.05) is 0 Å². The number of fused-ring (bicyclic) bond motifs is 1. The first-order valence-corrected chi connectivity index (χ1v) is 10.8. The zero-order valence-electron chi connectivity index (χ0n) is 16.7. The van der Waals surface area contributed by atoms with Crippen LogP contribution in [0.5, 0.6) is 0 Å². The maximum atomic E-state index is 13.7. The number of ketones is 1. The van der Waals surface area contributed by atoms with Crippen LogP contribution in [-0.2, 0) is 9.53 Å². The fourth-order valence-corrected chi connectivity index (χ4v) is 9.80. The van der Waals surface area contributed by atoms with Gasteiger partial charge in [0.1, 0.15) is 11.9 Å². The number of ether oxygens (including phenoxy) is 1. The van der Waals surface area contributed by atoms with Gasteiger partial charge < -0.3 is 20.1 Å². The van der Waals surface area contributed by atoms with Gasteiger partial charge in [0, 0.05) is 17.3 Å². The molecule has 0 aromatic carbocycles. The van der Waals surface area contributed by atoms with Gasteiger partial charge in [-0.1, -0.05) is 27.7 Å². The second-order valence-electron chi connectivity index (χ2n) is 11.9. The van der Waals surface area contributed by atoms with Gasteiger partial charge in [0.2, 0.25) is 5.79 Å². The van der Waals surface area contributed by atoms with Crippen molar-refractivity contribution >= 4 is 5.78 Å². The molecule has 7 rings (SSSR count). The number of hydrogen-bond donors (Lipinski definition) is 3. The molecular formula is C22H32O5. The molecule has 2 bridgehead atoms. The lowest BCUT2D eigenvalue weighted by atomic mass is 9.19. The van der Waals surface area contributed by atoms with Crippen LogP contribution in [0.3, 0.4) is 0 Å². The van der Waals surface area contributed by atoms with Crippen LogP contribution >= 0.6 is 0 Å². The molecule has 3 N–H and O–H groups in total. The van der Waals surface area contributed by atoms with Gasteiger partial charge in [-0.3, -0.25) is 4.79 Å². The molecule has 150 valence electrons. The summed E-state index contributed by atoms with van der Waals surface area (Å²) in [4.78, 5) is 13.7. The van der Waals surface area contributed by atoms with Crippen molar-refractivity contribution in [2.45, 2.75) is 71.4 Å². The molecule has 0 amide bonds. The third kappa shape index (κ3) is 1.34. The molecule has 2 saturated heterocycles. The Labute approximate surface area is 160 Å². The lowest BCUT2D eigenvalue weighted by Gasteiger charge is -2.85. The molecule has 2 aliphatic heterocycles. The Bertz CT molecular complexity index is 760. The predicted molar refractivity (Wildman–Crippen MR) is 96.3 cm³/mol. The first-order chi connectivity index (χ1) is 12.5. The number of carbonyl (C=O) groups excluding carboxylic acids is 1. The van der Waals surface area contributed by atoms with Crippen molar-refractivity contribution in [2.75, 3.05) is 6.61 Å². The van der Waals surface area contributed by atoms with E-state index in [-0.39, 0.29) is 46.9 Å². The molecule has 1 unspecified atom stereocenters. The minimum Gasteiger partial charge on any atom is -0.392 e. The molecule has 5 saturated carbocycles. The summed E-state index contributed by atoms with van der Waals surface area (Å²) in [5.74, 6) is -1.60. The van der Waals surface area contributed by atoms with Crippen molar-refractivity contribution in [1.29, 1.82) is 0 Å².